The van der Waals surface area contributed by atoms with Crippen LogP contribution < -0.4 is 5.73 Å². The molecule has 0 saturated heterocycles. The number of likely N-dealkylation sites (N-methyl/N-ethyl adjacent to an activating group) is 1. The lowest BCUT2D eigenvalue weighted by Gasteiger charge is -2.22. The minimum absolute atomic E-state index is 0.0937. The van der Waals surface area contributed by atoms with Gasteiger partial charge in [0.1, 0.15) is 0 Å². The molecule has 1 aliphatic rings. The third-order valence-electron chi connectivity index (χ3n) is 2.57. The van der Waals surface area contributed by atoms with Crippen LogP contribution in [0.4, 0.5) is 0 Å². The molecule has 1 aromatic carbocycles. The van der Waals surface area contributed by atoms with Crippen molar-refractivity contribution < 1.29 is 0 Å². The van der Waals surface area contributed by atoms with Crippen molar-refractivity contribution in [1.29, 1.82) is 0 Å². The topological polar surface area (TPSA) is 41.6 Å². The Kier molecular flexibility index (Phi) is 2.76. The highest BCUT2D eigenvalue weighted by Crippen LogP contribution is 2.31. The maximum absolute atomic E-state index is 6.11. The Balaban J connectivity index is 2.35. The highest BCUT2D eigenvalue weighted by molar-refractivity contribution is 6.33. The summed E-state index contributed by atoms with van der Waals surface area (Å²) in [5, 5.41) is 1.37. The van der Waals surface area contributed by atoms with Crippen LogP contribution in [0.3, 0.4) is 0 Å². The summed E-state index contributed by atoms with van der Waals surface area (Å²) in [5.74, 6) is 0.538. The van der Waals surface area contributed by atoms with Gasteiger partial charge in [-0.15, -0.1) is 0 Å². The molecular weight excluding hydrogens is 233 g/mol. The third kappa shape index (κ3) is 1.90. The van der Waals surface area contributed by atoms with Gasteiger partial charge in [-0.1, -0.05) is 23.2 Å². The van der Waals surface area contributed by atoms with Crippen LogP contribution in [0.15, 0.2) is 23.2 Å². The van der Waals surface area contributed by atoms with Crippen molar-refractivity contribution in [2.75, 3.05) is 13.6 Å². The molecule has 1 heterocycles. The molecule has 0 bridgehead atoms. The second-order valence-corrected chi connectivity index (χ2v) is 4.34. The van der Waals surface area contributed by atoms with E-state index >= 15 is 0 Å². The van der Waals surface area contributed by atoms with Crippen LogP contribution in [0.1, 0.15) is 11.6 Å². The van der Waals surface area contributed by atoms with Crippen molar-refractivity contribution in [3.8, 4) is 0 Å². The predicted octanol–water partition coefficient (Wildman–Crippen LogP) is 2.29. The van der Waals surface area contributed by atoms with Gasteiger partial charge >= 0.3 is 0 Å². The molecule has 1 unspecified atom stereocenters. The summed E-state index contributed by atoms with van der Waals surface area (Å²) in [6.45, 7) is 0.627. The van der Waals surface area contributed by atoms with E-state index in [0.717, 1.165) is 5.56 Å². The van der Waals surface area contributed by atoms with E-state index in [0.29, 0.717) is 22.5 Å². The lowest BCUT2D eigenvalue weighted by molar-refractivity contribution is 0.414. The average Bonchev–Trinajstić information content (AvgIpc) is 2.52. The van der Waals surface area contributed by atoms with Crippen LogP contribution in [-0.4, -0.2) is 24.5 Å². The van der Waals surface area contributed by atoms with Gasteiger partial charge in [0.25, 0.3) is 0 Å². The van der Waals surface area contributed by atoms with Gasteiger partial charge in [-0.25, -0.2) is 0 Å². The van der Waals surface area contributed by atoms with E-state index in [1.807, 2.05) is 18.0 Å². The van der Waals surface area contributed by atoms with Gasteiger partial charge in [0, 0.05) is 17.1 Å². The van der Waals surface area contributed by atoms with Gasteiger partial charge in [-0.2, -0.15) is 0 Å². The summed E-state index contributed by atoms with van der Waals surface area (Å²) in [5.41, 5.74) is 6.66. The van der Waals surface area contributed by atoms with Crippen molar-refractivity contribution in [1.82, 2.24) is 4.90 Å². The Morgan fingerprint density at radius 3 is 2.80 bits per heavy atom. The summed E-state index contributed by atoms with van der Waals surface area (Å²) in [6.07, 6.45) is 0. The SMILES string of the molecule is CN1C(N)=NCC1c1cc(Cl)ccc1Cl. The number of hydrogen-bond acceptors (Lipinski definition) is 3. The quantitative estimate of drug-likeness (QED) is 0.823. The largest absolute Gasteiger partial charge is 0.370 e. The molecule has 0 spiro atoms. The van der Waals surface area contributed by atoms with Gasteiger partial charge in [-0.3, -0.25) is 4.99 Å². The molecule has 0 fully saturated rings. The van der Waals surface area contributed by atoms with Crippen LogP contribution in [0.2, 0.25) is 10.0 Å². The Morgan fingerprint density at radius 2 is 2.20 bits per heavy atom. The molecule has 0 aliphatic carbocycles. The van der Waals surface area contributed by atoms with E-state index in [1.54, 1.807) is 12.1 Å². The minimum atomic E-state index is 0.0937. The second-order valence-electron chi connectivity index (χ2n) is 3.49. The molecule has 1 aromatic rings. The van der Waals surface area contributed by atoms with Crippen LogP contribution in [0, 0.1) is 0 Å². The first-order chi connectivity index (χ1) is 7.09. The molecule has 2 N–H and O–H groups in total. The maximum Gasteiger partial charge on any atom is 0.191 e. The molecule has 0 amide bonds. The van der Waals surface area contributed by atoms with Crippen molar-refractivity contribution in [2.45, 2.75) is 6.04 Å². The van der Waals surface area contributed by atoms with Crippen molar-refractivity contribution in [2.24, 2.45) is 10.7 Å². The summed E-state index contributed by atoms with van der Waals surface area (Å²) in [6, 6.07) is 5.52. The highest BCUT2D eigenvalue weighted by Gasteiger charge is 2.25. The van der Waals surface area contributed by atoms with Crippen LogP contribution >= 0.6 is 23.2 Å². The first-order valence-corrected chi connectivity index (χ1v) is 5.33. The van der Waals surface area contributed by atoms with Crippen LogP contribution in [0.25, 0.3) is 0 Å². The zero-order chi connectivity index (χ0) is 11.0. The van der Waals surface area contributed by atoms with Crippen molar-refractivity contribution in [3.63, 3.8) is 0 Å². The smallest absolute Gasteiger partial charge is 0.191 e. The molecule has 2 rings (SSSR count). The lowest BCUT2D eigenvalue weighted by Crippen LogP contribution is -2.32. The Hall–Kier alpha value is -0.930. The van der Waals surface area contributed by atoms with Crippen molar-refractivity contribution in [3.05, 3.63) is 33.8 Å². The summed E-state index contributed by atoms with van der Waals surface area (Å²) >= 11 is 12.0. The highest BCUT2D eigenvalue weighted by atomic mass is 35.5. The molecule has 15 heavy (non-hydrogen) atoms. The van der Waals surface area contributed by atoms with E-state index in [4.69, 9.17) is 28.9 Å². The molecular formula is C10H11Cl2N3. The van der Waals surface area contributed by atoms with Gasteiger partial charge in [0.05, 0.1) is 12.6 Å². The summed E-state index contributed by atoms with van der Waals surface area (Å²) < 4.78 is 0. The fourth-order valence-electron chi connectivity index (χ4n) is 1.65. The van der Waals surface area contributed by atoms with Gasteiger partial charge in [-0.05, 0) is 23.8 Å². The Bertz CT molecular complexity index is 417. The molecule has 0 radical (unpaired) electrons. The number of hydrogen-bond donors (Lipinski definition) is 1. The van der Waals surface area contributed by atoms with E-state index < -0.39 is 0 Å². The second kappa shape index (κ2) is 3.91. The Morgan fingerprint density at radius 1 is 1.47 bits per heavy atom. The van der Waals surface area contributed by atoms with E-state index in [1.165, 1.54) is 0 Å². The van der Waals surface area contributed by atoms with E-state index in [9.17, 15) is 0 Å². The molecule has 0 aromatic heterocycles. The first kappa shape index (κ1) is 10.6. The van der Waals surface area contributed by atoms with Gasteiger partial charge in [0.2, 0.25) is 0 Å². The van der Waals surface area contributed by atoms with Gasteiger partial charge < -0.3 is 10.6 Å². The summed E-state index contributed by atoms with van der Waals surface area (Å²) in [7, 11) is 1.90. The number of benzene rings is 1. The molecule has 3 nitrogen and oxygen atoms in total. The maximum atomic E-state index is 6.11. The van der Waals surface area contributed by atoms with Crippen molar-refractivity contribution >= 4 is 29.2 Å². The van der Waals surface area contributed by atoms with Crippen LogP contribution in [-0.2, 0) is 0 Å². The Labute approximate surface area is 98.5 Å². The number of rotatable bonds is 1. The van der Waals surface area contributed by atoms with E-state index in [2.05, 4.69) is 4.99 Å². The number of nitrogens with two attached hydrogens (primary N) is 1. The van der Waals surface area contributed by atoms with Crippen LogP contribution in [0.5, 0.6) is 0 Å². The molecule has 1 aliphatic heterocycles. The fraction of sp³-hybridized carbons (Fsp3) is 0.300. The molecule has 1 atom stereocenters. The normalized spacial score (nSPS) is 20.6. The molecule has 0 saturated carbocycles. The average molecular weight is 244 g/mol. The number of guanidine groups is 1. The zero-order valence-corrected chi connectivity index (χ0v) is 9.76. The monoisotopic (exact) mass is 243 g/mol. The molecule has 5 heteroatoms. The first-order valence-electron chi connectivity index (χ1n) is 4.57. The zero-order valence-electron chi connectivity index (χ0n) is 8.24. The number of aliphatic imine (C=N–C) groups is 1. The standard InChI is InChI=1S/C10H11Cl2N3/c1-15-9(5-14-10(15)13)7-4-6(11)2-3-8(7)12/h2-4,9H,5H2,1H3,(H2,13,14). The summed E-state index contributed by atoms with van der Waals surface area (Å²) in [4.78, 5) is 6.06. The predicted molar refractivity (Wildman–Crippen MR) is 63.5 cm³/mol. The lowest BCUT2D eigenvalue weighted by atomic mass is 10.1. The third-order valence-corrected chi connectivity index (χ3v) is 3.15. The van der Waals surface area contributed by atoms with Gasteiger partial charge in [0.15, 0.2) is 5.96 Å². The number of halogens is 2. The number of nitrogens with zero attached hydrogens (tertiary/aromatic N) is 2. The minimum Gasteiger partial charge on any atom is -0.370 e. The fourth-order valence-corrected chi connectivity index (χ4v) is 2.07. The molecule has 80 valence electrons. The van der Waals surface area contributed by atoms with E-state index in [-0.39, 0.29) is 6.04 Å².